The third-order valence-corrected chi connectivity index (χ3v) is 3.56. The number of hydrogen-bond acceptors (Lipinski definition) is 4. The predicted molar refractivity (Wildman–Crippen MR) is 78.6 cm³/mol. The Hall–Kier alpha value is -2.15. The van der Waals surface area contributed by atoms with Gasteiger partial charge in [0.15, 0.2) is 0 Å². The number of aromatic carboxylic acids is 1. The number of carboxylic acids is 1. The third kappa shape index (κ3) is 3.49. The van der Waals surface area contributed by atoms with Crippen molar-refractivity contribution in [3.63, 3.8) is 0 Å². The summed E-state index contributed by atoms with van der Waals surface area (Å²) in [5, 5.41) is 12.1. The minimum absolute atomic E-state index is 0.123. The Kier molecular flexibility index (Phi) is 3.87. The Morgan fingerprint density at radius 1 is 1.33 bits per heavy atom. The number of anilines is 1. The first-order valence-corrected chi connectivity index (χ1v) is 6.94. The van der Waals surface area contributed by atoms with E-state index in [1.165, 1.54) is 12.1 Å². The van der Waals surface area contributed by atoms with E-state index in [4.69, 9.17) is 4.74 Å². The van der Waals surface area contributed by atoms with E-state index in [0.29, 0.717) is 4.70 Å². The first kappa shape index (κ1) is 15.2. The van der Waals surface area contributed by atoms with Crippen LogP contribution in [-0.4, -0.2) is 22.8 Å². The fourth-order valence-electron chi connectivity index (χ4n) is 1.77. The van der Waals surface area contributed by atoms with E-state index in [1.54, 1.807) is 20.8 Å². The maximum Gasteiger partial charge on any atom is 0.412 e. The minimum Gasteiger partial charge on any atom is -0.478 e. The Bertz CT molecular complexity index is 718. The molecule has 0 fully saturated rings. The standard InChI is InChI=1S/C14H14FNO4S/c1-14(2,3)20-13(19)16-11-10(12(17)18)8-6-7(15)4-5-9(8)21-11/h4-6H,1-3H3,(H,16,19)(H,17,18). The molecule has 0 aliphatic rings. The molecular formula is C14H14FNO4S. The Morgan fingerprint density at radius 3 is 2.57 bits per heavy atom. The average molecular weight is 311 g/mol. The van der Waals surface area contributed by atoms with Crippen LogP contribution < -0.4 is 5.32 Å². The van der Waals surface area contributed by atoms with Crippen LogP contribution >= 0.6 is 11.3 Å². The molecule has 0 saturated heterocycles. The van der Waals surface area contributed by atoms with Gasteiger partial charge in [-0.25, -0.2) is 14.0 Å². The zero-order chi connectivity index (χ0) is 15.8. The lowest BCUT2D eigenvalue weighted by molar-refractivity contribution is 0.0636. The highest BCUT2D eigenvalue weighted by molar-refractivity contribution is 7.23. The van der Waals surface area contributed by atoms with Crippen molar-refractivity contribution in [3.05, 3.63) is 29.6 Å². The number of rotatable bonds is 2. The lowest BCUT2D eigenvalue weighted by Gasteiger charge is -2.19. The van der Waals surface area contributed by atoms with Gasteiger partial charge in [-0.3, -0.25) is 5.32 Å². The van der Waals surface area contributed by atoms with Gasteiger partial charge in [0.25, 0.3) is 0 Å². The van der Waals surface area contributed by atoms with Gasteiger partial charge in [0.2, 0.25) is 0 Å². The zero-order valence-corrected chi connectivity index (χ0v) is 12.5. The molecule has 21 heavy (non-hydrogen) atoms. The van der Waals surface area contributed by atoms with E-state index < -0.39 is 23.5 Å². The third-order valence-electron chi connectivity index (χ3n) is 2.48. The van der Waals surface area contributed by atoms with Gasteiger partial charge in [0.1, 0.15) is 22.0 Å². The molecule has 0 saturated carbocycles. The van der Waals surface area contributed by atoms with Gasteiger partial charge in [0, 0.05) is 10.1 Å². The van der Waals surface area contributed by atoms with Crippen LogP contribution in [0.25, 0.3) is 10.1 Å². The van der Waals surface area contributed by atoms with Crippen LogP contribution in [0.2, 0.25) is 0 Å². The van der Waals surface area contributed by atoms with Gasteiger partial charge in [-0.2, -0.15) is 0 Å². The molecule has 0 spiro atoms. The summed E-state index contributed by atoms with van der Waals surface area (Å²) in [6.45, 7) is 5.10. The topological polar surface area (TPSA) is 75.6 Å². The number of amides is 1. The fourth-order valence-corrected chi connectivity index (χ4v) is 2.83. The van der Waals surface area contributed by atoms with E-state index in [1.807, 2.05) is 0 Å². The number of halogens is 1. The molecule has 2 rings (SSSR count). The average Bonchev–Trinajstić information content (AvgIpc) is 2.63. The molecule has 7 heteroatoms. The number of benzene rings is 1. The fraction of sp³-hybridized carbons (Fsp3) is 0.286. The maximum atomic E-state index is 13.3. The van der Waals surface area contributed by atoms with Crippen molar-refractivity contribution in [1.29, 1.82) is 0 Å². The number of hydrogen-bond donors (Lipinski definition) is 2. The van der Waals surface area contributed by atoms with Crippen LogP contribution in [0, 0.1) is 5.82 Å². The lowest BCUT2D eigenvalue weighted by atomic mass is 10.1. The lowest BCUT2D eigenvalue weighted by Crippen LogP contribution is -2.27. The molecule has 1 heterocycles. The number of thiophene rings is 1. The Morgan fingerprint density at radius 2 is 2.00 bits per heavy atom. The van der Waals surface area contributed by atoms with E-state index in [2.05, 4.69) is 5.32 Å². The number of carbonyl (C=O) groups excluding carboxylic acids is 1. The molecule has 5 nitrogen and oxygen atoms in total. The van der Waals surface area contributed by atoms with Crippen molar-refractivity contribution in [3.8, 4) is 0 Å². The van der Waals surface area contributed by atoms with E-state index in [-0.39, 0.29) is 16.0 Å². The molecule has 0 bridgehead atoms. The largest absolute Gasteiger partial charge is 0.478 e. The van der Waals surface area contributed by atoms with Crippen molar-refractivity contribution in [1.82, 2.24) is 0 Å². The smallest absolute Gasteiger partial charge is 0.412 e. The quantitative estimate of drug-likeness (QED) is 0.876. The monoisotopic (exact) mass is 311 g/mol. The van der Waals surface area contributed by atoms with Crippen LogP contribution in [0.4, 0.5) is 14.2 Å². The Labute approximate surface area is 124 Å². The number of fused-ring (bicyclic) bond motifs is 1. The summed E-state index contributed by atoms with van der Waals surface area (Å²) in [7, 11) is 0. The van der Waals surface area contributed by atoms with Crippen LogP contribution in [0.5, 0.6) is 0 Å². The number of nitrogens with one attached hydrogen (secondary N) is 1. The second-order valence-corrected chi connectivity index (χ2v) is 6.43. The van der Waals surface area contributed by atoms with Crippen molar-refractivity contribution < 1.29 is 23.8 Å². The van der Waals surface area contributed by atoms with Crippen LogP contribution in [-0.2, 0) is 4.74 Å². The van der Waals surface area contributed by atoms with Gasteiger partial charge in [0.05, 0.1) is 0 Å². The highest BCUT2D eigenvalue weighted by Crippen LogP contribution is 2.36. The Balaban J connectivity index is 2.42. The first-order valence-electron chi connectivity index (χ1n) is 6.13. The number of ether oxygens (including phenoxy) is 1. The van der Waals surface area contributed by atoms with Crippen LogP contribution in [0.15, 0.2) is 18.2 Å². The second kappa shape index (κ2) is 5.33. The molecule has 0 radical (unpaired) electrons. The highest BCUT2D eigenvalue weighted by Gasteiger charge is 2.23. The molecule has 0 aliphatic heterocycles. The molecular weight excluding hydrogens is 297 g/mol. The second-order valence-electron chi connectivity index (χ2n) is 5.38. The molecule has 2 aromatic rings. The van der Waals surface area contributed by atoms with Gasteiger partial charge in [-0.1, -0.05) is 0 Å². The summed E-state index contributed by atoms with van der Waals surface area (Å²) in [4.78, 5) is 23.1. The summed E-state index contributed by atoms with van der Waals surface area (Å²) in [5.74, 6) is -1.77. The van der Waals surface area contributed by atoms with Gasteiger partial charge < -0.3 is 9.84 Å². The van der Waals surface area contributed by atoms with Crippen LogP contribution in [0.1, 0.15) is 31.1 Å². The van der Waals surface area contributed by atoms with E-state index >= 15 is 0 Å². The maximum absolute atomic E-state index is 13.3. The predicted octanol–water partition coefficient (Wildman–Crippen LogP) is 4.09. The molecule has 112 valence electrons. The number of carbonyl (C=O) groups is 2. The van der Waals surface area contributed by atoms with Crippen LogP contribution in [0.3, 0.4) is 0 Å². The normalized spacial score (nSPS) is 11.4. The van der Waals surface area contributed by atoms with Crippen molar-refractivity contribution in [2.24, 2.45) is 0 Å². The molecule has 0 atom stereocenters. The molecule has 1 aromatic carbocycles. The van der Waals surface area contributed by atoms with Gasteiger partial charge >= 0.3 is 12.1 Å². The van der Waals surface area contributed by atoms with E-state index in [0.717, 1.165) is 17.4 Å². The summed E-state index contributed by atoms with van der Waals surface area (Å²) in [6.07, 6.45) is -0.753. The summed E-state index contributed by atoms with van der Waals surface area (Å²) in [6, 6.07) is 3.85. The molecule has 1 amide bonds. The van der Waals surface area contributed by atoms with Crippen molar-refractivity contribution >= 4 is 38.5 Å². The van der Waals surface area contributed by atoms with E-state index in [9.17, 15) is 19.1 Å². The number of carboxylic acid groups (broad SMARTS) is 1. The minimum atomic E-state index is -1.24. The SMILES string of the molecule is CC(C)(C)OC(=O)Nc1sc2ccc(F)cc2c1C(=O)O. The summed E-state index contributed by atoms with van der Waals surface area (Å²) >= 11 is 1.06. The summed E-state index contributed by atoms with van der Waals surface area (Å²) in [5.41, 5.74) is -0.837. The highest BCUT2D eigenvalue weighted by atomic mass is 32.1. The zero-order valence-electron chi connectivity index (χ0n) is 11.7. The van der Waals surface area contributed by atoms with Crippen molar-refractivity contribution in [2.75, 3.05) is 5.32 Å². The summed E-state index contributed by atoms with van der Waals surface area (Å²) < 4.78 is 18.9. The van der Waals surface area contributed by atoms with Gasteiger partial charge in [-0.05, 0) is 39.0 Å². The van der Waals surface area contributed by atoms with Gasteiger partial charge in [-0.15, -0.1) is 11.3 Å². The van der Waals surface area contributed by atoms with Crippen molar-refractivity contribution in [2.45, 2.75) is 26.4 Å². The molecule has 2 N–H and O–H groups in total. The molecule has 0 unspecified atom stereocenters. The molecule has 0 aliphatic carbocycles. The molecule has 1 aromatic heterocycles. The first-order chi connectivity index (χ1) is 9.67.